The van der Waals surface area contributed by atoms with Crippen LogP contribution in [0.3, 0.4) is 0 Å². The number of hydrogen-bond acceptors (Lipinski definition) is 5. The fourth-order valence-corrected chi connectivity index (χ4v) is 4.17. The van der Waals surface area contributed by atoms with E-state index in [1.807, 2.05) is 24.4 Å². The molecule has 0 aliphatic rings. The Labute approximate surface area is 162 Å². The van der Waals surface area contributed by atoms with E-state index in [2.05, 4.69) is 53.9 Å². The number of nitrogens with zero attached hydrogens (tertiary/aromatic N) is 4. The monoisotopic (exact) mass is 383 g/mol. The summed E-state index contributed by atoms with van der Waals surface area (Å²) in [7, 11) is 0. The first-order valence-electron chi connectivity index (χ1n) is 8.73. The number of rotatable bonds is 3. The van der Waals surface area contributed by atoms with Gasteiger partial charge in [0.25, 0.3) is 0 Å². The van der Waals surface area contributed by atoms with E-state index < -0.39 is 0 Å². The zero-order valence-electron chi connectivity index (χ0n) is 14.5. The molecule has 0 aliphatic carbocycles. The van der Waals surface area contributed by atoms with E-state index in [1.54, 1.807) is 23.7 Å². The minimum absolute atomic E-state index is 0.731. The second kappa shape index (κ2) is 5.86. The lowest BCUT2D eigenvalue weighted by Gasteiger charge is -1.98. The maximum atomic E-state index is 4.88. The lowest BCUT2D eigenvalue weighted by Crippen LogP contribution is -1.84. The van der Waals surface area contributed by atoms with Gasteiger partial charge in [0.2, 0.25) is 0 Å². The number of thiophene rings is 1. The zero-order valence-corrected chi connectivity index (χ0v) is 15.3. The van der Waals surface area contributed by atoms with Crippen LogP contribution in [0.2, 0.25) is 0 Å². The quantitative estimate of drug-likeness (QED) is 0.415. The van der Waals surface area contributed by atoms with Gasteiger partial charge in [-0.25, -0.2) is 4.98 Å². The average molecular weight is 383 g/mol. The summed E-state index contributed by atoms with van der Waals surface area (Å²) in [4.78, 5) is 14.0. The molecule has 3 N–H and O–H groups in total. The molecule has 7 nitrogen and oxygen atoms in total. The smallest absolute Gasteiger partial charge is 0.159 e. The standard InChI is InChI=1S/C20H13N7S/c1-3-12(17-5-2-6-28-17)18-14(4-1)24-20(25-18)19-13-7-15(11-8-22-23-9-11)21-10-16(13)26-27-19/h1-10H,(H,22,23)(H,24,25)(H,26,27). The number of pyridine rings is 1. The Morgan fingerprint density at radius 3 is 2.86 bits per heavy atom. The van der Waals surface area contributed by atoms with Gasteiger partial charge in [0.05, 0.1) is 34.6 Å². The number of H-pyrrole nitrogens is 3. The van der Waals surface area contributed by atoms with Gasteiger partial charge < -0.3 is 4.98 Å². The first-order chi connectivity index (χ1) is 13.9. The van der Waals surface area contributed by atoms with Crippen molar-refractivity contribution in [3.05, 3.63) is 60.4 Å². The molecule has 0 atom stereocenters. The van der Waals surface area contributed by atoms with Gasteiger partial charge in [-0.3, -0.25) is 15.2 Å². The number of para-hydroxylation sites is 1. The third kappa shape index (κ3) is 2.28. The molecule has 5 heterocycles. The largest absolute Gasteiger partial charge is 0.337 e. The molecule has 0 radical (unpaired) electrons. The normalized spacial score (nSPS) is 11.6. The molecule has 0 fully saturated rings. The summed E-state index contributed by atoms with van der Waals surface area (Å²) in [6.07, 6.45) is 5.36. The molecule has 1 aromatic carbocycles. The fraction of sp³-hybridized carbons (Fsp3) is 0. The Morgan fingerprint density at radius 1 is 1.00 bits per heavy atom. The molecular weight excluding hydrogens is 370 g/mol. The number of nitrogens with one attached hydrogen (secondary N) is 3. The maximum absolute atomic E-state index is 4.88. The molecule has 0 aliphatic heterocycles. The third-order valence-electron chi connectivity index (χ3n) is 4.76. The molecule has 28 heavy (non-hydrogen) atoms. The van der Waals surface area contributed by atoms with Crippen molar-refractivity contribution in [3.8, 4) is 33.2 Å². The molecule has 0 amide bonds. The summed E-state index contributed by atoms with van der Waals surface area (Å²) in [5.74, 6) is 0.731. The van der Waals surface area contributed by atoms with Gasteiger partial charge in [0.15, 0.2) is 5.82 Å². The van der Waals surface area contributed by atoms with Gasteiger partial charge in [-0.1, -0.05) is 18.2 Å². The third-order valence-corrected chi connectivity index (χ3v) is 5.67. The average Bonchev–Trinajstić information content (AvgIpc) is 3.53. The summed E-state index contributed by atoms with van der Waals surface area (Å²) in [6, 6.07) is 12.4. The van der Waals surface area contributed by atoms with Gasteiger partial charge in [0, 0.05) is 27.6 Å². The van der Waals surface area contributed by atoms with Crippen LogP contribution in [0.4, 0.5) is 0 Å². The van der Waals surface area contributed by atoms with Gasteiger partial charge in [-0.2, -0.15) is 10.2 Å². The van der Waals surface area contributed by atoms with E-state index in [9.17, 15) is 0 Å². The Bertz CT molecular complexity index is 1410. The molecule has 0 saturated heterocycles. The van der Waals surface area contributed by atoms with Crippen LogP contribution < -0.4 is 0 Å². The number of imidazole rings is 1. The summed E-state index contributed by atoms with van der Waals surface area (Å²) in [5, 5.41) is 17.4. The minimum atomic E-state index is 0.731. The van der Waals surface area contributed by atoms with Crippen LogP contribution in [0, 0.1) is 0 Å². The summed E-state index contributed by atoms with van der Waals surface area (Å²) >= 11 is 1.71. The van der Waals surface area contributed by atoms with E-state index in [0.29, 0.717) is 0 Å². The Kier molecular flexibility index (Phi) is 3.20. The molecule has 134 valence electrons. The van der Waals surface area contributed by atoms with Crippen LogP contribution in [-0.4, -0.2) is 35.3 Å². The highest BCUT2D eigenvalue weighted by Gasteiger charge is 2.16. The predicted octanol–water partition coefficient (Wildman–Crippen LogP) is 4.62. The number of benzene rings is 1. The van der Waals surface area contributed by atoms with Crippen LogP contribution in [0.5, 0.6) is 0 Å². The van der Waals surface area contributed by atoms with Crippen LogP contribution in [0.15, 0.2) is 60.4 Å². The van der Waals surface area contributed by atoms with E-state index in [0.717, 1.165) is 50.3 Å². The van der Waals surface area contributed by atoms with E-state index in [4.69, 9.17) is 4.98 Å². The van der Waals surface area contributed by atoms with Crippen molar-refractivity contribution in [2.45, 2.75) is 0 Å². The van der Waals surface area contributed by atoms with Crippen molar-refractivity contribution in [2.75, 3.05) is 0 Å². The summed E-state index contributed by atoms with van der Waals surface area (Å²) in [5.41, 5.74) is 6.45. The van der Waals surface area contributed by atoms with E-state index in [1.165, 1.54) is 4.88 Å². The summed E-state index contributed by atoms with van der Waals surface area (Å²) < 4.78 is 0. The van der Waals surface area contributed by atoms with E-state index >= 15 is 0 Å². The number of aromatic amines is 3. The first kappa shape index (κ1) is 15.3. The molecule has 0 saturated carbocycles. The fourth-order valence-electron chi connectivity index (χ4n) is 3.42. The SMILES string of the molecule is c1csc(-c2cccc3[nH]c(-c4n[nH]c5cnc(-c6cn[nH]c6)cc45)nc23)c1. The molecule has 0 unspecified atom stereocenters. The topological polar surface area (TPSA) is 98.9 Å². The van der Waals surface area contributed by atoms with Gasteiger partial charge in [0.1, 0.15) is 5.69 Å². The maximum Gasteiger partial charge on any atom is 0.159 e. The Hall–Kier alpha value is -3.78. The van der Waals surface area contributed by atoms with Crippen molar-refractivity contribution in [3.63, 3.8) is 0 Å². The van der Waals surface area contributed by atoms with Crippen molar-refractivity contribution in [1.29, 1.82) is 0 Å². The van der Waals surface area contributed by atoms with Crippen molar-refractivity contribution in [1.82, 2.24) is 35.3 Å². The highest BCUT2D eigenvalue weighted by molar-refractivity contribution is 7.13. The van der Waals surface area contributed by atoms with Gasteiger partial charge in [-0.15, -0.1) is 11.3 Å². The predicted molar refractivity (Wildman–Crippen MR) is 110 cm³/mol. The van der Waals surface area contributed by atoms with Crippen molar-refractivity contribution >= 4 is 33.3 Å². The number of aromatic nitrogens is 7. The summed E-state index contributed by atoms with van der Waals surface area (Å²) in [6.45, 7) is 0. The molecule has 6 rings (SSSR count). The van der Waals surface area contributed by atoms with Crippen LogP contribution in [0.1, 0.15) is 0 Å². The lowest BCUT2D eigenvalue weighted by molar-refractivity contribution is 1.09. The van der Waals surface area contributed by atoms with E-state index in [-0.39, 0.29) is 0 Å². The second-order valence-electron chi connectivity index (χ2n) is 6.44. The highest BCUT2D eigenvalue weighted by atomic mass is 32.1. The molecule has 0 bridgehead atoms. The Morgan fingerprint density at radius 2 is 2.00 bits per heavy atom. The van der Waals surface area contributed by atoms with Crippen LogP contribution in [-0.2, 0) is 0 Å². The molecule has 8 heteroatoms. The zero-order chi connectivity index (χ0) is 18.5. The number of fused-ring (bicyclic) bond motifs is 2. The molecule has 5 aromatic heterocycles. The molecule has 0 spiro atoms. The molecular formula is C20H13N7S. The van der Waals surface area contributed by atoms with Crippen molar-refractivity contribution < 1.29 is 0 Å². The minimum Gasteiger partial charge on any atom is -0.337 e. The Balaban J connectivity index is 1.55. The first-order valence-corrected chi connectivity index (χ1v) is 9.61. The van der Waals surface area contributed by atoms with Crippen LogP contribution >= 0.6 is 11.3 Å². The highest BCUT2D eigenvalue weighted by Crippen LogP contribution is 2.33. The lowest BCUT2D eigenvalue weighted by atomic mass is 10.1. The number of hydrogen-bond donors (Lipinski definition) is 3. The molecule has 6 aromatic rings. The van der Waals surface area contributed by atoms with Crippen molar-refractivity contribution in [2.24, 2.45) is 0 Å². The second-order valence-corrected chi connectivity index (χ2v) is 7.39. The van der Waals surface area contributed by atoms with Gasteiger partial charge >= 0.3 is 0 Å². The van der Waals surface area contributed by atoms with Gasteiger partial charge in [-0.05, 0) is 23.6 Å². The van der Waals surface area contributed by atoms with Crippen LogP contribution in [0.25, 0.3) is 55.2 Å².